The molecule has 0 unspecified atom stereocenters. The van der Waals surface area contributed by atoms with Gasteiger partial charge in [0.05, 0.1) is 0 Å². The number of fused-ring (bicyclic) bond motifs is 1. The van der Waals surface area contributed by atoms with Crippen molar-refractivity contribution in [1.29, 1.82) is 0 Å². The Morgan fingerprint density at radius 3 is 2.26 bits per heavy atom. The Morgan fingerprint density at radius 1 is 0.953 bits per heavy atom. The molecule has 0 aliphatic rings. The predicted molar refractivity (Wildman–Crippen MR) is 177 cm³/mol. The number of ether oxygens (including phenoxy) is 2. The topological polar surface area (TPSA) is 88.7 Å². The normalized spacial score (nSPS) is 11.6. The molecule has 0 aliphatic carbocycles. The van der Waals surface area contributed by atoms with Crippen molar-refractivity contribution in [3.8, 4) is 22.6 Å². The van der Waals surface area contributed by atoms with E-state index in [9.17, 15) is 14.4 Å². The molecule has 1 heterocycles. The van der Waals surface area contributed by atoms with Gasteiger partial charge >= 0.3 is 255 Å². The fourth-order valence-corrected chi connectivity index (χ4v) is 6.84. The summed E-state index contributed by atoms with van der Waals surface area (Å²) in [4.78, 5) is 45.1. The Hall–Kier alpha value is -3.38. The maximum atomic E-state index is 13.7. The van der Waals surface area contributed by atoms with Crippen LogP contribution in [0.15, 0.2) is 71.7 Å². The van der Waals surface area contributed by atoms with E-state index in [0.29, 0.717) is 23.3 Å². The summed E-state index contributed by atoms with van der Waals surface area (Å²) in [5, 5.41) is 0.477. The zero-order chi connectivity index (χ0) is 30.4. The van der Waals surface area contributed by atoms with Crippen LogP contribution in [-0.4, -0.2) is 62.4 Å². The largest absolute Gasteiger partial charge is 0.147 e. The van der Waals surface area contributed by atoms with E-state index in [1.807, 2.05) is 74.2 Å². The van der Waals surface area contributed by atoms with Gasteiger partial charge in [-0.05, 0) is 0 Å². The number of benzene rings is 3. The molecule has 1 N–H and O–H groups in total. The van der Waals surface area contributed by atoms with Crippen LogP contribution in [0.1, 0.15) is 57.5 Å². The van der Waals surface area contributed by atoms with Gasteiger partial charge in [-0.2, -0.15) is 0 Å². The second-order valence-corrected chi connectivity index (χ2v) is 13.3. The molecule has 0 saturated heterocycles. The summed E-state index contributed by atoms with van der Waals surface area (Å²) in [6, 6.07) is 18.8. The number of nitrogens with zero attached hydrogens (tertiary/aromatic N) is 1. The van der Waals surface area contributed by atoms with Crippen LogP contribution in [0.4, 0.5) is 0 Å². The minimum atomic E-state index is -1.16. The van der Waals surface area contributed by atoms with E-state index in [0.717, 1.165) is 39.9 Å². The molecule has 43 heavy (non-hydrogen) atoms. The van der Waals surface area contributed by atoms with Gasteiger partial charge in [0.15, 0.2) is 0 Å². The second-order valence-electron chi connectivity index (χ2n) is 11.0. The molecule has 3 aromatic carbocycles. The number of carbonyl (C=O) groups excluding carboxylic acids is 2. The van der Waals surface area contributed by atoms with Crippen LogP contribution in [0.3, 0.4) is 0 Å². The number of likely N-dealkylation sites (N-methyl/N-ethyl adjacent to an activating group) is 1. The summed E-state index contributed by atoms with van der Waals surface area (Å²) in [7, 11) is 0. The van der Waals surface area contributed by atoms with Crippen LogP contribution in [0.5, 0.6) is 11.5 Å². The molecule has 1 radical (unpaired) electrons. The number of rotatable bonds is 11. The Bertz CT molecular complexity index is 1640. The number of para-hydroxylation sites is 1. The number of pyridine rings is 1. The first-order chi connectivity index (χ1) is 20.0. The summed E-state index contributed by atoms with van der Waals surface area (Å²) >= 11 is -1.16. The molecule has 0 atom stereocenters. The summed E-state index contributed by atoms with van der Waals surface area (Å²) in [5.74, 6) is 0.852. The summed E-state index contributed by atoms with van der Waals surface area (Å²) in [6.45, 7) is 14.4. The van der Waals surface area contributed by atoms with Crippen molar-refractivity contribution < 1.29 is 19.1 Å². The van der Waals surface area contributed by atoms with Crippen LogP contribution in [0, 0.1) is 0 Å². The molecule has 227 valence electrons. The minimum Gasteiger partial charge on any atom is -0.147 e. The molecule has 0 fully saturated rings. The number of nitrogens with one attached hydrogen (secondary N) is 1. The monoisotopic (exact) mass is 665 g/mol. The maximum absolute atomic E-state index is 13.7. The number of halogens is 1. The van der Waals surface area contributed by atoms with Gasteiger partial charge in [-0.25, -0.2) is 0 Å². The van der Waals surface area contributed by atoms with Gasteiger partial charge in [-0.3, -0.25) is 0 Å². The van der Waals surface area contributed by atoms with Crippen LogP contribution in [-0.2, 0) is 10.2 Å². The number of carbonyl (C=O) groups is 2. The Balaban J connectivity index is 0.00000506. The van der Waals surface area contributed by atoms with E-state index < -0.39 is 15.8 Å². The molecular weight excluding hydrogens is 627 g/mol. The molecular formula is C34H39AsClN2O5. The zero-order valence-electron chi connectivity index (χ0n) is 25.5. The standard InChI is InChI=1S/C34H38AsN2O5.ClH/c1-7-37(8-2)21-31(38)42-30-19-28(35-33(40)26-20-36-29-13-11-10-12-24(29)32(26)39)25(18-27(30)34(4,5)6)22-14-16-23(17-15-22)41-9-3;/h10-20H,7-9,21H2,1-6H3,(H,36,39);1H. The number of hydrogen-bond acceptors (Lipinski definition) is 6. The van der Waals surface area contributed by atoms with Gasteiger partial charge in [-0.15, -0.1) is 12.4 Å². The van der Waals surface area contributed by atoms with Crippen LogP contribution in [0.25, 0.3) is 22.0 Å². The van der Waals surface area contributed by atoms with E-state index in [1.165, 1.54) is 6.20 Å². The number of H-pyrrole nitrogens is 1. The molecule has 1 aromatic heterocycles. The van der Waals surface area contributed by atoms with Crippen molar-refractivity contribution in [3.63, 3.8) is 0 Å². The third kappa shape index (κ3) is 8.17. The van der Waals surface area contributed by atoms with Crippen molar-refractivity contribution in [1.82, 2.24) is 9.88 Å². The van der Waals surface area contributed by atoms with Gasteiger partial charge in [0.2, 0.25) is 0 Å². The molecule has 0 bridgehead atoms. The molecule has 0 amide bonds. The third-order valence-electron chi connectivity index (χ3n) is 7.09. The zero-order valence-corrected chi connectivity index (χ0v) is 28.2. The number of aromatic amines is 1. The Labute approximate surface area is 266 Å². The summed E-state index contributed by atoms with van der Waals surface area (Å²) in [6.07, 6.45) is 1.51. The first-order valence-electron chi connectivity index (χ1n) is 14.3. The van der Waals surface area contributed by atoms with Gasteiger partial charge in [0.25, 0.3) is 0 Å². The van der Waals surface area contributed by atoms with E-state index in [-0.39, 0.29) is 45.9 Å². The van der Waals surface area contributed by atoms with Crippen LogP contribution < -0.4 is 19.3 Å². The quantitative estimate of drug-likeness (QED) is 0.125. The van der Waals surface area contributed by atoms with Gasteiger partial charge < -0.3 is 0 Å². The van der Waals surface area contributed by atoms with Crippen molar-refractivity contribution >= 4 is 54.0 Å². The second kappa shape index (κ2) is 14.9. The molecule has 4 aromatic rings. The molecule has 9 heteroatoms. The van der Waals surface area contributed by atoms with Gasteiger partial charge in [0.1, 0.15) is 0 Å². The van der Waals surface area contributed by atoms with Crippen LogP contribution >= 0.6 is 12.4 Å². The number of esters is 1. The van der Waals surface area contributed by atoms with E-state index in [4.69, 9.17) is 9.47 Å². The maximum Gasteiger partial charge on any atom is -0.147 e. The van der Waals surface area contributed by atoms with Gasteiger partial charge in [0, 0.05) is 0 Å². The summed E-state index contributed by atoms with van der Waals surface area (Å²) in [5.41, 5.74) is 2.82. The fraction of sp³-hybridized carbons (Fsp3) is 0.324. The first kappa shape index (κ1) is 34.1. The average molecular weight is 666 g/mol. The molecule has 0 spiro atoms. The molecule has 0 aliphatic heterocycles. The number of aromatic nitrogens is 1. The number of hydrogen-bond donors (Lipinski definition) is 1. The predicted octanol–water partition coefficient (Wildman–Crippen LogP) is 5.73. The van der Waals surface area contributed by atoms with E-state index >= 15 is 0 Å². The molecule has 7 nitrogen and oxygen atoms in total. The first-order valence-corrected chi connectivity index (χ1v) is 16.1. The molecule has 4 rings (SSSR count). The smallest absolute Gasteiger partial charge is 0.147 e. The van der Waals surface area contributed by atoms with Crippen molar-refractivity contribution in [2.24, 2.45) is 0 Å². The van der Waals surface area contributed by atoms with Crippen molar-refractivity contribution in [2.45, 2.75) is 47.0 Å². The van der Waals surface area contributed by atoms with Crippen molar-refractivity contribution in [2.75, 3.05) is 26.2 Å². The minimum absolute atomic E-state index is 0. The third-order valence-corrected chi connectivity index (χ3v) is 9.31. The van der Waals surface area contributed by atoms with Crippen molar-refractivity contribution in [3.05, 3.63) is 88.2 Å². The van der Waals surface area contributed by atoms with Crippen LogP contribution in [0.2, 0.25) is 0 Å². The Kier molecular flexibility index (Phi) is 11.8. The average Bonchev–Trinajstić information content (AvgIpc) is 2.96. The molecule has 0 saturated carbocycles. The fourth-order valence-electron chi connectivity index (χ4n) is 4.74. The van der Waals surface area contributed by atoms with Gasteiger partial charge in [-0.1, -0.05) is 0 Å². The SMILES string of the molecule is CCOc1ccc(-c2cc(C(C)(C)C)c(OC(=O)CN(CC)CC)cc2[As]C(=O)c2c[nH]c3ccccc3c2=O)cc1.Cl. The summed E-state index contributed by atoms with van der Waals surface area (Å²) < 4.78 is 12.2. The van der Waals surface area contributed by atoms with E-state index in [2.05, 4.69) is 25.8 Å². The van der Waals surface area contributed by atoms with E-state index in [1.54, 1.807) is 12.1 Å². The Morgan fingerprint density at radius 2 is 1.63 bits per heavy atom.